The van der Waals surface area contributed by atoms with E-state index in [9.17, 15) is 0 Å². The second kappa shape index (κ2) is 8.01. The minimum absolute atomic E-state index is 0.841. The first-order chi connectivity index (χ1) is 10.1. The summed E-state index contributed by atoms with van der Waals surface area (Å²) >= 11 is 5.16. The summed E-state index contributed by atoms with van der Waals surface area (Å²) in [6.45, 7) is 8.54. The van der Waals surface area contributed by atoms with E-state index >= 15 is 0 Å². The van der Waals surface area contributed by atoms with Crippen LogP contribution < -0.4 is 5.32 Å². The summed E-state index contributed by atoms with van der Waals surface area (Å²) < 4.78 is 1.11. The van der Waals surface area contributed by atoms with Crippen molar-refractivity contribution in [2.45, 2.75) is 40.0 Å². The zero-order valence-electron chi connectivity index (χ0n) is 12.9. The standard InChI is InChI=1S/C16H22BrN3S/c1-4-9-18-10-5-6-13-11(2)19-16(20-12(13)3)14-7-8-15(17)21-14/h7-8,18H,4-6,9-10H2,1-3H3. The zero-order chi connectivity index (χ0) is 15.2. The van der Waals surface area contributed by atoms with Crippen molar-refractivity contribution in [3.05, 3.63) is 32.9 Å². The molecule has 0 aliphatic carbocycles. The van der Waals surface area contributed by atoms with Crippen molar-refractivity contribution < 1.29 is 0 Å². The first-order valence-corrected chi connectivity index (χ1v) is 9.03. The Hall–Kier alpha value is -0.780. The average molecular weight is 368 g/mol. The highest BCUT2D eigenvalue weighted by Crippen LogP contribution is 2.30. The Kier molecular flexibility index (Phi) is 6.33. The number of thiophene rings is 1. The minimum atomic E-state index is 0.841. The number of hydrogen-bond donors (Lipinski definition) is 1. The number of hydrogen-bond acceptors (Lipinski definition) is 4. The molecule has 0 spiro atoms. The predicted molar refractivity (Wildman–Crippen MR) is 94.0 cm³/mol. The van der Waals surface area contributed by atoms with Crippen LogP contribution in [0.4, 0.5) is 0 Å². The Bertz CT molecular complexity index is 572. The third-order valence-electron chi connectivity index (χ3n) is 3.42. The maximum Gasteiger partial charge on any atom is 0.169 e. The molecule has 2 rings (SSSR count). The molecule has 0 aliphatic heterocycles. The fourth-order valence-corrected chi connectivity index (χ4v) is 3.66. The molecule has 5 heteroatoms. The van der Waals surface area contributed by atoms with Crippen LogP contribution in [0, 0.1) is 13.8 Å². The molecule has 0 bridgehead atoms. The van der Waals surface area contributed by atoms with Crippen molar-refractivity contribution in [3.63, 3.8) is 0 Å². The van der Waals surface area contributed by atoms with Gasteiger partial charge in [0.25, 0.3) is 0 Å². The summed E-state index contributed by atoms with van der Waals surface area (Å²) in [5.74, 6) is 0.841. The summed E-state index contributed by atoms with van der Waals surface area (Å²) in [5.41, 5.74) is 3.52. The fourth-order valence-electron chi connectivity index (χ4n) is 2.34. The molecule has 2 heterocycles. The van der Waals surface area contributed by atoms with Crippen LogP contribution in [0.1, 0.15) is 36.7 Å². The van der Waals surface area contributed by atoms with E-state index in [0.29, 0.717) is 0 Å². The highest BCUT2D eigenvalue weighted by molar-refractivity contribution is 9.11. The zero-order valence-corrected chi connectivity index (χ0v) is 15.3. The number of halogens is 1. The summed E-state index contributed by atoms with van der Waals surface area (Å²) in [4.78, 5) is 10.5. The lowest BCUT2D eigenvalue weighted by molar-refractivity contribution is 0.636. The molecule has 0 saturated heterocycles. The highest BCUT2D eigenvalue weighted by Gasteiger charge is 2.11. The van der Waals surface area contributed by atoms with E-state index in [2.05, 4.69) is 48.1 Å². The Morgan fingerprint density at radius 1 is 1.14 bits per heavy atom. The lowest BCUT2D eigenvalue weighted by Crippen LogP contribution is -2.17. The third-order valence-corrected chi connectivity index (χ3v) is 5.04. The van der Waals surface area contributed by atoms with Crippen LogP contribution >= 0.6 is 27.3 Å². The maximum absolute atomic E-state index is 4.69. The number of aromatic nitrogens is 2. The lowest BCUT2D eigenvalue weighted by atomic mass is 10.1. The molecule has 0 aromatic carbocycles. The normalized spacial score (nSPS) is 11.0. The number of nitrogens with one attached hydrogen (secondary N) is 1. The minimum Gasteiger partial charge on any atom is -0.317 e. The van der Waals surface area contributed by atoms with Gasteiger partial charge in [-0.3, -0.25) is 0 Å². The van der Waals surface area contributed by atoms with Gasteiger partial charge in [0.05, 0.1) is 8.66 Å². The van der Waals surface area contributed by atoms with Crippen molar-refractivity contribution in [3.8, 4) is 10.7 Å². The SMILES string of the molecule is CCCNCCCc1c(C)nc(-c2ccc(Br)s2)nc1C. The van der Waals surface area contributed by atoms with Crippen LogP contribution in [0.5, 0.6) is 0 Å². The number of aryl methyl sites for hydroxylation is 2. The first-order valence-electron chi connectivity index (χ1n) is 7.42. The molecule has 0 saturated carbocycles. The van der Waals surface area contributed by atoms with Crippen molar-refractivity contribution in [1.29, 1.82) is 0 Å². The molecule has 0 radical (unpaired) electrons. The maximum atomic E-state index is 4.69. The quantitative estimate of drug-likeness (QED) is 0.731. The van der Waals surface area contributed by atoms with E-state index in [1.165, 1.54) is 12.0 Å². The lowest BCUT2D eigenvalue weighted by Gasteiger charge is -2.10. The second-order valence-electron chi connectivity index (χ2n) is 5.15. The van der Waals surface area contributed by atoms with Gasteiger partial charge < -0.3 is 5.32 Å². The van der Waals surface area contributed by atoms with E-state index in [0.717, 1.165) is 51.8 Å². The summed E-state index contributed by atoms with van der Waals surface area (Å²) in [5, 5.41) is 3.44. The average Bonchev–Trinajstić information content (AvgIpc) is 2.87. The molecule has 0 fully saturated rings. The van der Waals surface area contributed by atoms with Crippen LogP contribution in [0.2, 0.25) is 0 Å². The van der Waals surface area contributed by atoms with E-state index in [-0.39, 0.29) is 0 Å². The van der Waals surface area contributed by atoms with Crippen LogP contribution in [0.15, 0.2) is 15.9 Å². The molecule has 114 valence electrons. The van der Waals surface area contributed by atoms with Gasteiger partial charge in [-0.2, -0.15) is 0 Å². The largest absolute Gasteiger partial charge is 0.317 e. The molecule has 2 aromatic rings. The van der Waals surface area contributed by atoms with Gasteiger partial charge in [-0.1, -0.05) is 6.92 Å². The second-order valence-corrected chi connectivity index (χ2v) is 7.62. The highest BCUT2D eigenvalue weighted by atomic mass is 79.9. The van der Waals surface area contributed by atoms with Crippen molar-refractivity contribution in [2.24, 2.45) is 0 Å². The predicted octanol–water partition coefficient (Wildman–Crippen LogP) is 4.52. The number of nitrogens with zero attached hydrogens (tertiary/aromatic N) is 2. The Morgan fingerprint density at radius 2 is 1.86 bits per heavy atom. The smallest absolute Gasteiger partial charge is 0.169 e. The van der Waals surface area contributed by atoms with E-state index in [1.54, 1.807) is 11.3 Å². The molecule has 0 aliphatic rings. The Morgan fingerprint density at radius 3 is 2.43 bits per heavy atom. The molecular weight excluding hydrogens is 346 g/mol. The van der Waals surface area contributed by atoms with Gasteiger partial charge >= 0.3 is 0 Å². The molecule has 3 nitrogen and oxygen atoms in total. The van der Waals surface area contributed by atoms with Gasteiger partial charge in [0.1, 0.15) is 0 Å². The Balaban J connectivity index is 2.07. The number of rotatable bonds is 7. The third kappa shape index (κ3) is 4.59. The topological polar surface area (TPSA) is 37.8 Å². The summed E-state index contributed by atoms with van der Waals surface area (Å²) in [6.07, 6.45) is 3.37. The molecular formula is C16H22BrN3S. The van der Waals surface area contributed by atoms with E-state index in [4.69, 9.17) is 9.97 Å². The molecule has 2 aromatic heterocycles. The van der Waals surface area contributed by atoms with E-state index < -0.39 is 0 Å². The van der Waals surface area contributed by atoms with Gasteiger partial charge in [0.15, 0.2) is 5.82 Å². The van der Waals surface area contributed by atoms with Crippen molar-refractivity contribution >= 4 is 27.3 Å². The molecule has 0 unspecified atom stereocenters. The summed E-state index contributed by atoms with van der Waals surface area (Å²) in [7, 11) is 0. The van der Waals surface area contributed by atoms with Gasteiger partial charge in [-0.25, -0.2) is 9.97 Å². The summed E-state index contributed by atoms with van der Waals surface area (Å²) in [6, 6.07) is 4.11. The van der Waals surface area contributed by atoms with Crippen molar-refractivity contribution in [2.75, 3.05) is 13.1 Å². The van der Waals surface area contributed by atoms with Crippen LogP contribution in [-0.2, 0) is 6.42 Å². The van der Waals surface area contributed by atoms with Gasteiger partial charge in [0, 0.05) is 11.4 Å². The van der Waals surface area contributed by atoms with Crippen LogP contribution in [0.3, 0.4) is 0 Å². The molecule has 0 atom stereocenters. The van der Waals surface area contributed by atoms with Crippen molar-refractivity contribution in [1.82, 2.24) is 15.3 Å². The van der Waals surface area contributed by atoms with Gasteiger partial charge in [-0.15, -0.1) is 11.3 Å². The van der Waals surface area contributed by atoms with Crippen LogP contribution in [0.25, 0.3) is 10.7 Å². The molecule has 0 amide bonds. The monoisotopic (exact) mass is 367 g/mol. The van der Waals surface area contributed by atoms with Gasteiger partial charge in [-0.05, 0) is 79.8 Å². The van der Waals surface area contributed by atoms with Crippen LogP contribution in [-0.4, -0.2) is 23.1 Å². The van der Waals surface area contributed by atoms with E-state index in [1.807, 2.05) is 6.07 Å². The molecule has 1 N–H and O–H groups in total. The molecule has 21 heavy (non-hydrogen) atoms. The first kappa shape index (κ1) is 16.6. The van der Waals surface area contributed by atoms with Gasteiger partial charge in [0.2, 0.25) is 0 Å². The fraction of sp³-hybridized carbons (Fsp3) is 0.500. The Labute approximate surface area is 139 Å².